The van der Waals surface area contributed by atoms with Crippen LogP contribution in [0.4, 0.5) is 37.2 Å². The lowest BCUT2D eigenvalue weighted by Crippen LogP contribution is -2.49. The number of nitrogens with two attached hydrogens (primary N) is 1. The Morgan fingerprint density at radius 3 is 1.67 bits per heavy atom. The zero-order valence-electron chi connectivity index (χ0n) is 39.8. The topological polar surface area (TPSA) is 237 Å². The van der Waals surface area contributed by atoms with Crippen molar-refractivity contribution in [1.29, 1.82) is 0 Å². The molecule has 0 bridgehead atoms. The van der Waals surface area contributed by atoms with Gasteiger partial charge < -0.3 is 45.4 Å². The van der Waals surface area contributed by atoms with Gasteiger partial charge in [-0.3, -0.25) is 14.9 Å². The Labute approximate surface area is 425 Å². The summed E-state index contributed by atoms with van der Waals surface area (Å²) in [7, 11) is 1.04. The summed E-state index contributed by atoms with van der Waals surface area (Å²) in [6.45, 7) is -0.252. The standard InChI is InChI=1S/C53H48F5N5O12/c1-71-50(65)39(61-49(64)38(59)18-11-23-60-52(67)73-29-32-14-7-3-8-15-32)26-36-24-34(19-21-41(36)63(69)70)35-20-22-42(72-28-31-12-5-2-6-13-31)37(25-35)27-40(62-53(68)74-30-33-16-9-4-10-17-33)51(66)75-48-46(57)44(55)43(54)45(56)47(48)58/h2-10,12-17,19-22,24-25,38-40H,11,18,23,26-30,59H2,1H3,(H,60,67)(H,61,64)(H,62,68)/t38-,39-,40-/m0/s1. The Hall–Kier alpha value is -8.92. The minimum atomic E-state index is -2.51. The first-order valence-corrected chi connectivity index (χ1v) is 22.9. The Kier molecular flexibility index (Phi) is 19.7. The van der Waals surface area contributed by atoms with Crippen LogP contribution in [0.2, 0.25) is 0 Å². The average molecular weight is 1040 g/mol. The molecule has 0 radical (unpaired) electrons. The maximum Gasteiger partial charge on any atom is 0.408 e. The van der Waals surface area contributed by atoms with E-state index in [2.05, 4.69) is 16.0 Å². The highest BCUT2D eigenvalue weighted by Crippen LogP contribution is 2.34. The van der Waals surface area contributed by atoms with Gasteiger partial charge in [0.2, 0.25) is 40.7 Å². The largest absolute Gasteiger partial charge is 0.489 e. The summed E-state index contributed by atoms with van der Waals surface area (Å²) in [5, 5.41) is 19.7. The maximum atomic E-state index is 14.8. The number of methoxy groups -OCH3 is 1. The SMILES string of the molecule is COC(=O)[C@H](Cc1cc(-c2ccc(OCc3ccccc3)c(C[C@H](NC(=O)OCc3ccccc3)C(=O)Oc3c(F)c(F)c(F)c(F)c3F)c2)ccc1[N+](=O)[O-])NC(=O)[C@@H](N)CCCNC(=O)OCc1ccccc1. The van der Waals surface area contributed by atoms with Crippen LogP contribution in [0.25, 0.3) is 11.1 Å². The first-order valence-electron chi connectivity index (χ1n) is 22.9. The third-order valence-electron chi connectivity index (χ3n) is 11.2. The highest BCUT2D eigenvalue weighted by molar-refractivity contribution is 5.88. The van der Waals surface area contributed by atoms with Crippen molar-refractivity contribution in [3.8, 4) is 22.6 Å². The fourth-order valence-electron chi connectivity index (χ4n) is 7.32. The van der Waals surface area contributed by atoms with Gasteiger partial charge >= 0.3 is 24.1 Å². The molecule has 6 aromatic carbocycles. The number of nitrogens with zero attached hydrogens (tertiary/aromatic N) is 1. The van der Waals surface area contributed by atoms with E-state index in [0.29, 0.717) is 11.1 Å². The molecule has 75 heavy (non-hydrogen) atoms. The lowest BCUT2D eigenvalue weighted by atomic mass is 9.95. The smallest absolute Gasteiger partial charge is 0.408 e. The molecule has 0 aliphatic carbocycles. The minimum absolute atomic E-state index is 0.0404. The molecule has 0 unspecified atom stereocenters. The third kappa shape index (κ3) is 15.5. The summed E-state index contributed by atoms with van der Waals surface area (Å²) in [4.78, 5) is 77.3. The number of rotatable bonds is 23. The molecule has 0 aromatic heterocycles. The highest BCUT2D eigenvalue weighted by atomic mass is 19.2. The molecule has 0 saturated carbocycles. The van der Waals surface area contributed by atoms with Crippen molar-refractivity contribution in [2.45, 2.75) is 63.6 Å². The van der Waals surface area contributed by atoms with E-state index in [1.807, 2.05) is 6.07 Å². The predicted molar refractivity (Wildman–Crippen MR) is 258 cm³/mol. The summed E-state index contributed by atoms with van der Waals surface area (Å²) in [5.41, 5.74) is 8.17. The van der Waals surface area contributed by atoms with Crippen LogP contribution in [0.1, 0.15) is 40.7 Å². The van der Waals surface area contributed by atoms with Crippen LogP contribution in [-0.2, 0) is 61.3 Å². The van der Waals surface area contributed by atoms with E-state index >= 15 is 0 Å². The van der Waals surface area contributed by atoms with E-state index in [0.717, 1.165) is 18.7 Å². The Morgan fingerprint density at radius 2 is 1.11 bits per heavy atom. The van der Waals surface area contributed by atoms with Gasteiger partial charge in [-0.1, -0.05) is 97.1 Å². The van der Waals surface area contributed by atoms with Gasteiger partial charge in [-0.2, -0.15) is 8.78 Å². The molecule has 392 valence electrons. The van der Waals surface area contributed by atoms with Crippen LogP contribution < -0.4 is 31.2 Å². The monoisotopic (exact) mass is 1040 g/mol. The molecule has 0 saturated heterocycles. The van der Waals surface area contributed by atoms with Gasteiger partial charge in [0, 0.05) is 31.0 Å². The summed E-state index contributed by atoms with van der Waals surface area (Å²) in [6.07, 6.45) is -2.83. The number of hydrogen-bond acceptors (Lipinski definition) is 13. The van der Waals surface area contributed by atoms with E-state index in [4.69, 9.17) is 29.4 Å². The zero-order chi connectivity index (χ0) is 54.0. The number of benzene rings is 6. The van der Waals surface area contributed by atoms with Crippen molar-refractivity contribution in [3.63, 3.8) is 0 Å². The molecule has 22 heteroatoms. The number of nitrogens with one attached hydrogen (secondary N) is 3. The number of carbonyl (C=O) groups excluding carboxylic acids is 5. The van der Waals surface area contributed by atoms with E-state index in [-0.39, 0.29) is 67.2 Å². The Bertz CT molecular complexity index is 2970. The summed E-state index contributed by atoms with van der Waals surface area (Å²) >= 11 is 0. The van der Waals surface area contributed by atoms with Crippen LogP contribution in [0.3, 0.4) is 0 Å². The number of amides is 3. The van der Waals surface area contributed by atoms with Gasteiger partial charge in [0.1, 0.15) is 37.7 Å². The number of hydrogen-bond donors (Lipinski definition) is 4. The van der Waals surface area contributed by atoms with Crippen LogP contribution in [0.15, 0.2) is 127 Å². The van der Waals surface area contributed by atoms with Crippen molar-refractivity contribution >= 4 is 35.7 Å². The molecule has 0 spiro atoms. The quantitative estimate of drug-likeness (QED) is 0.00546. The van der Waals surface area contributed by atoms with E-state index in [1.54, 1.807) is 84.9 Å². The second-order valence-corrected chi connectivity index (χ2v) is 16.5. The fraction of sp³-hybridized carbons (Fsp3) is 0.226. The predicted octanol–water partition coefficient (Wildman–Crippen LogP) is 8.21. The van der Waals surface area contributed by atoms with Crippen molar-refractivity contribution in [2.75, 3.05) is 13.7 Å². The van der Waals surface area contributed by atoms with E-state index in [9.17, 15) is 56.0 Å². The van der Waals surface area contributed by atoms with E-state index < -0.39 is 106 Å². The third-order valence-corrected chi connectivity index (χ3v) is 11.2. The first kappa shape index (κ1) is 55.4. The van der Waals surface area contributed by atoms with Gasteiger partial charge in [0.15, 0.2) is 0 Å². The normalized spacial score (nSPS) is 12.0. The molecule has 0 fully saturated rings. The lowest BCUT2D eigenvalue weighted by Gasteiger charge is -2.21. The molecule has 6 rings (SSSR count). The van der Waals surface area contributed by atoms with Crippen molar-refractivity contribution in [3.05, 3.63) is 194 Å². The van der Waals surface area contributed by atoms with Gasteiger partial charge in [0.25, 0.3) is 5.69 Å². The highest BCUT2D eigenvalue weighted by Gasteiger charge is 2.33. The van der Waals surface area contributed by atoms with Crippen molar-refractivity contribution in [1.82, 2.24) is 16.0 Å². The van der Waals surface area contributed by atoms with Crippen LogP contribution in [0.5, 0.6) is 11.5 Å². The first-order chi connectivity index (χ1) is 36.0. The molecule has 5 N–H and O–H groups in total. The molecule has 3 atom stereocenters. The van der Waals surface area contributed by atoms with Gasteiger partial charge in [-0.25, -0.2) is 32.3 Å². The summed E-state index contributed by atoms with van der Waals surface area (Å²) < 4.78 is 98.4. The number of alkyl carbamates (subject to hydrolysis) is 2. The average Bonchev–Trinajstić information content (AvgIpc) is 3.42. The van der Waals surface area contributed by atoms with Crippen molar-refractivity contribution in [2.24, 2.45) is 5.73 Å². The van der Waals surface area contributed by atoms with Gasteiger partial charge in [0.05, 0.1) is 18.1 Å². The number of carbonyl (C=O) groups is 5. The number of nitro benzene ring substituents is 1. The lowest BCUT2D eigenvalue weighted by molar-refractivity contribution is -0.385. The number of nitro groups is 1. The molecule has 3 amide bonds. The van der Waals surface area contributed by atoms with Crippen LogP contribution in [0, 0.1) is 39.2 Å². The molecule has 0 heterocycles. The number of ether oxygens (including phenoxy) is 5. The number of halogens is 5. The van der Waals surface area contributed by atoms with E-state index in [1.165, 1.54) is 30.3 Å². The minimum Gasteiger partial charge on any atom is -0.489 e. The second-order valence-electron chi connectivity index (χ2n) is 16.5. The van der Waals surface area contributed by atoms with Crippen molar-refractivity contribution < 1.29 is 74.5 Å². The summed E-state index contributed by atoms with van der Waals surface area (Å²) in [6, 6.07) is 29.5. The molecule has 17 nitrogen and oxygen atoms in total. The van der Waals surface area contributed by atoms with Gasteiger partial charge in [-0.05, 0) is 70.5 Å². The molecule has 0 aliphatic heterocycles. The number of esters is 2. The molecular formula is C53H48F5N5O12. The molecule has 0 aliphatic rings. The zero-order valence-corrected chi connectivity index (χ0v) is 39.8. The molecular weight excluding hydrogens is 994 g/mol. The van der Waals surface area contributed by atoms with Gasteiger partial charge in [-0.15, -0.1) is 0 Å². The Balaban J connectivity index is 1.26. The second kappa shape index (κ2) is 26.7. The fourth-order valence-corrected chi connectivity index (χ4v) is 7.32. The molecule has 6 aromatic rings. The Morgan fingerprint density at radius 1 is 0.613 bits per heavy atom. The maximum absolute atomic E-state index is 14.8. The summed E-state index contributed by atoms with van der Waals surface area (Å²) in [5.74, 6) is -17.6. The van der Waals surface area contributed by atoms with Crippen LogP contribution >= 0.6 is 0 Å². The van der Waals surface area contributed by atoms with Crippen LogP contribution in [-0.4, -0.2) is 66.7 Å².